The second-order valence-corrected chi connectivity index (χ2v) is 5.47. The molecule has 0 aliphatic carbocycles. The van der Waals surface area contributed by atoms with Gasteiger partial charge in [-0.1, -0.05) is 30.7 Å². The Labute approximate surface area is 120 Å². The van der Waals surface area contributed by atoms with Crippen LogP contribution in [0.25, 0.3) is 0 Å². The van der Waals surface area contributed by atoms with Crippen molar-refractivity contribution in [3.8, 4) is 0 Å². The summed E-state index contributed by atoms with van der Waals surface area (Å²) < 4.78 is 5.49. The number of morpholine rings is 1. The van der Waals surface area contributed by atoms with Gasteiger partial charge in [0.05, 0.1) is 19.3 Å². The number of hydrogen-bond acceptors (Lipinski definition) is 3. The van der Waals surface area contributed by atoms with Gasteiger partial charge in [-0.05, 0) is 30.5 Å². The van der Waals surface area contributed by atoms with E-state index in [1.54, 1.807) is 0 Å². The molecule has 2 rings (SSSR count). The molecule has 1 N–H and O–H groups in total. The van der Waals surface area contributed by atoms with Crippen LogP contribution in [-0.4, -0.2) is 42.4 Å². The maximum absolute atomic E-state index is 10.2. The lowest BCUT2D eigenvalue weighted by atomic mass is 10.1. The van der Waals surface area contributed by atoms with Crippen LogP contribution in [0.2, 0.25) is 5.02 Å². The monoisotopic (exact) mass is 283 g/mol. The van der Waals surface area contributed by atoms with Gasteiger partial charge in [-0.3, -0.25) is 4.90 Å². The van der Waals surface area contributed by atoms with Crippen LogP contribution >= 0.6 is 11.6 Å². The van der Waals surface area contributed by atoms with Crippen molar-refractivity contribution < 1.29 is 9.84 Å². The van der Waals surface area contributed by atoms with E-state index in [-0.39, 0.29) is 0 Å². The van der Waals surface area contributed by atoms with Gasteiger partial charge in [0, 0.05) is 24.2 Å². The first kappa shape index (κ1) is 14.8. The van der Waals surface area contributed by atoms with E-state index < -0.39 is 6.10 Å². The second kappa shape index (κ2) is 7.25. The zero-order chi connectivity index (χ0) is 13.7. The lowest BCUT2D eigenvalue weighted by molar-refractivity contribution is -0.0143. The van der Waals surface area contributed by atoms with E-state index in [4.69, 9.17) is 16.3 Å². The van der Waals surface area contributed by atoms with Crippen molar-refractivity contribution in [3.05, 3.63) is 34.9 Å². The fourth-order valence-electron chi connectivity index (χ4n) is 2.50. The zero-order valence-electron chi connectivity index (χ0n) is 11.4. The summed E-state index contributed by atoms with van der Waals surface area (Å²) in [6.45, 7) is 5.67. The summed E-state index contributed by atoms with van der Waals surface area (Å²) in [6, 6.07) is 7.92. The SMILES string of the molecule is CCC1COCCN1CCC(O)c1ccc(Cl)cc1. The molecular formula is C15H22ClNO2. The average molecular weight is 284 g/mol. The first-order chi connectivity index (χ1) is 9.20. The van der Waals surface area contributed by atoms with Gasteiger partial charge in [0.1, 0.15) is 0 Å². The van der Waals surface area contributed by atoms with Gasteiger partial charge < -0.3 is 9.84 Å². The Bertz CT molecular complexity index is 382. The van der Waals surface area contributed by atoms with E-state index in [9.17, 15) is 5.11 Å². The van der Waals surface area contributed by atoms with E-state index in [1.165, 1.54) is 0 Å². The Morgan fingerprint density at radius 2 is 2.16 bits per heavy atom. The molecule has 3 nitrogen and oxygen atoms in total. The summed E-state index contributed by atoms with van der Waals surface area (Å²) in [5.74, 6) is 0. The molecule has 1 saturated heterocycles. The Morgan fingerprint density at radius 1 is 1.42 bits per heavy atom. The fourth-order valence-corrected chi connectivity index (χ4v) is 2.63. The van der Waals surface area contributed by atoms with Crippen molar-refractivity contribution in [2.45, 2.75) is 31.9 Å². The van der Waals surface area contributed by atoms with Crippen LogP contribution in [0.3, 0.4) is 0 Å². The molecule has 1 aliphatic rings. The Kier molecular flexibility index (Phi) is 5.64. The van der Waals surface area contributed by atoms with E-state index in [0.717, 1.165) is 44.7 Å². The molecule has 1 aliphatic heterocycles. The number of aliphatic hydroxyl groups excluding tert-OH is 1. The van der Waals surface area contributed by atoms with Crippen molar-refractivity contribution in [1.82, 2.24) is 4.90 Å². The first-order valence-corrected chi connectivity index (χ1v) is 7.34. The lowest BCUT2D eigenvalue weighted by Crippen LogP contribution is -2.45. The smallest absolute Gasteiger partial charge is 0.0802 e. The fraction of sp³-hybridized carbons (Fsp3) is 0.600. The molecule has 2 atom stereocenters. The Balaban J connectivity index is 1.85. The van der Waals surface area contributed by atoms with Crippen LogP contribution in [0.15, 0.2) is 24.3 Å². The number of rotatable bonds is 5. The summed E-state index contributed by atoms with van der Waals surface area (Å²) in [7, 11) is 0. The largest absolute Gasteiger partial charge is 0.388 e. The minimum absolute atomic E-state index is 0.419. The predicted octanol–water partition coefficient (Wildman–Crippen LogP) is 2.87. The highest BCUT2D eigenvalue weighted by atomic mass is 35.5. The Morgan fingerprint density at radius 3 is 2.84 bits per heavy atom. The molecule has 1 heterocycles. The van der Waals surface area contributed by atoms with Gasteiger partial charge in [-0.25, -0.2) is 0 Å². The van der Waals surface area contributed by atoms with Crippen LogP contribution in [0.1, 0.15) is 31.4 Å². The van der Waals surface area contributed by atoms with Crippen LogP contribution in [0.4, 0.5) is 0 Å². The number of hydrogen-bond donors (Lipinski definition) is 1. The molecule has 106 valence electrons. The third kappa shape index (κ3) is 4.18. The van der Waals surface area contributed by atoms with Crippen LogP contribution in [-0.2, 0) is 4.74 Å². The molecule has 1 aromatic carbocycles. The van der Waals surface area contributed by atoms with Crippen molar-refractivity contribution >= 4 is 11.6 Å². The topological polar surface area (TPSA) is 32.7 Å². The standard InChI is InChI=1S/C15H22ClNO2/c1-2-14-11-19-10-9-17(14)8-7-15(18)12-3-5-13(16)6-4-12/h3-6,14-15,18H,2,7-11H2,1H3. The third-order valence-corrected chi connectivity index (χ3v) is 4.02. The molecule has 0 aromatic heterocycles. The summed E-state index contributed by atoms with van der Waals surface area (Å²) in [5, 5.41) is 10.9. The third-order valence-electron chi connectivity index (χ3n) is 3.77. The summed E-state index contributed by atoms with van der Waals surface area (Å²) in [4.78, 5) is 2.42. The van der Waals surface area contributed by atoms with Crippen LogP contribution in [0.5, 0.6) is 0 Å². The molecule has 19 heavy (non-hydrogen) atoms. The normalized spacial score (nSPS) is 22.4. The van der Waals surface area contributed by atoms with Crippen LogP contribution < -0.4 is 0 Å². The van der Waals surface area contributed by atoms with Crippen molar-refractivity contribution in [1.29, 1.82) is 0 Å². The molecule has 1 fully saturated rings. The molecule has 2 unspecified atom stereocenters. The lowest BCUT2D eigenvalue weighted by Gasteiger charge is -2.35. The number of halogens is 1. The molecule has 0 saturated carbocycles. The highest BCUT2D eigenvalue weighted by Crippen LogP contribution is 2.20. The number of nitrogens with zero attached hydrogens (tertiary/aromatic N) is 1. The Hall–Kier alpha value is -0.610. The molecular weight excluding hydrogens is 262 g/mol. The average Bonchev–Trinajstić information content (AvgIpc) is 2.45. The highest BCUT2D eigenvalue weighted by molar-refractivity contribution is 6.30. The molecule has 0 radical (unpaired) electrons. The second-order valence-electron chi connectivity index (χ2n) is 5.03. The molecule has 1 aromatic rings. The van der Waals surface area contributed by atoms with Gasteiger partial charge in [-0.15, -0.1) is 0 Å². The van der Waals surface area contributed by atoms with Gasteiger partial charge in [0.15, 0.2) is 0 Å². The summed E-state index contributed by atoms with van der Waals surface area (Å²) >= 11 is 5.85. The summed E-state index contributed by atoms with van der Waals surface area (Å²) in [5.41, 5.74) is 0.936. The van der Waals surface area contributed by atoms with E-state index in [1.807, 2.05) is 24.3 Å². The van der Waals surface area contributed by atoms with Crippen molar-refractivity contribution in [2.24, 2.45) is 0 Å². The molecule has 0 spiro atoms. The van der Waals surface area contributed by atoms with Crippen LogP contribution in [0, 0.1) is 0 Å². The maximum atomic E-state index is 10.2. The van der Waals surface area contributed by atoms with Gasteiger partial charge >= 0.3 is 0 Å². The van der Waals surface area contributed by atoms with Gasteiger partial charge in [-0.2, -0.15) is 0 Å². The zero-order valence-corrected chi connectivity index (χ0v) is 12.1. The minimum Gasteiger partial charge on any atom is -0.388 e. The molecule has 0 amide bonds. The first-order valence-electron chi connectivity index (χ1n) is 6.96. The molecule has 4 heteroatoms. The summed E-state index contributed by atoms with van der Waals surface area (Å²) in [6.07, 6.45) is 1.42. The quantitative estimate of drug-likeness (QED) is 0.902. The predicted molar refractivity (Wildman–Crippen MR) is 77.5 cm³/mol. The van der Waals surface area contributed by atoms with Crippen molar-refractivity contribution in [2.75, 3.05) is 26.3 Å². The van der Waals surface area contributed by atoms with E-state index >= 15 is 0 Å². The number of ether oxygens (including phenoxy) is 1. The maximum Gasteiger partial charge on any atom is 0.0802 e. The molecule has 0 bridgehead atoms. The van der Waals surface area contributed by atoms with E-state index in [2.05, 4.69) is 11.8 Å². The minimum atomic E-state index is -0.419. The number of benzene rings is 1. The van der Waals surface area contributed by atoms with Gasteiger partial charge in [0.2, 0.25) is 0 Å². The van der Waals surface area contributed by atoms with E-state index in [0.29, 0.717) is 11.1 Å². The van der Waals surface area contributed by atoms with Gasteiger partial charge in [0.25, 0.3) is 0 Å². The van der Waals surface area contributed by atoms with Crippen molar-refractivity contribution in [3.63, 3.8) is 0 Å². The number of aliphatic hydroxyl groups is 1. The highest BCUT2D eigenvalue weighted by Gasteiger charge is 2.21.